The van der Waals surface area contributed by atoms with Crippen molar-refractivity contribution < 1.29 is 10.2 Å². The van der Waals surface area contributed by atoms with Crippen molar-refractivity contribution in [2.75, 3.05) is 0 Å². The molecule has 90 valence electrons. The largest absolute Gasteiger partial charge is 0.508 e. The van der Waals surface area contributed by atoms with Crippen LogP contribution in [0.15, 0.2) is 46.9 Å². The van der Waals surface area contributed by atoms with Crippen LogP contribution in [-0.4, -0.2) is 10.2 Å². The van der Waals surface area contributed by atoms with Gasteiger partial charge in [0.2, 0.25) is 0 Å². The number of hydrogen-bond acceptors (Lipinski definition) is 2. The Balaban J connectivity index is 0.000000171. The van der Waals surface area contributed by atoms with Gasteiger partial charge < -0.3 is 10.2 Å². The molecule has 0 heterocycles. The lowest BCUT2D eigenvalue weighted by Gasteiger charge is -1.96. The van der Waals surface area contributed by atoms with E-state index >= 15 is 0 Å². The molecule has 0 aliphatic heterocycles. The highest BCUT2D eigenvalue weighted by Crippen LogP contribution is 2.20. The lowest BCUT2D eigenvalue weighted by Crippen LogP contribution is -1.72. The van der Waals surface area contributed by atoms with Crippen LogP contribution in [0.1, 0.15) is 5.56 Å². The molecule has 2 N–H and O–H groups in total. The fourth-order valence-corrected chi connectivity index (χ4v) is 1.93. The summed E-state index contributed by atoms with van der Waals surface area (Å²) in [6.07, 6.45) is 0. The van der Waals surface area contributed by atoms with Gasteiger partial charge in [0.05, 0.1) is 3.57 Å². The average molecular weight is 407 g/mol. The molecule has 0 fully saturated rings. The van der Waals surface area contributed by atoms with Crippen LogP contribution in [0.5, 0.6) is 11.5 Å². The molecule has 0 radical (unpaired) electrons. The molecule has 4 heteroatoms. The summed E-state index contributed by atoms with van der Waals surface area (Å²) in [7, 11) is 0. The predicted octanol–water partition coefficient (Wildman–Crippen LogP) is 4.46. The zero-order valence-electron chi connectivity index (χ0n) is 9.19. The molecule has 0 aliphatic carbocycles. The summed E-state index contributed by atoms with van der Waals surface area (Å²) < 4.78 is 1.89. The maximum atomic E-state index is 9.02. The summed E-state index contributed by atoms with van der Waals surface area (Å²) in [5.74, 6) is 0.700. The van der Waals surface area contributed by atoms with Crippen molar-refractivity contribution in [3.05, 3.63) is 56.1 Å². The summed E-state index contributed by atoms with van der Waals surface area (Å²) in [5, 5.41) is 17.9. The van der Waals surface area contributed by atoms with Crippen LogP contribution in [0.3, 0.4) is 0 Å². The molecule has 0 spiro atoms. The summed E-state index contributed by atoms with van der Waals surface area (Å²) in [6.45, 7) is 1.86. The summed E-state index contributed by atoms with van der Waals surface area (Å²) in [4.78, 5) is 0. The molecule has 2 rings (SSSR count). The zero-order valence-corrected chi connectivity index (χ0v) is 12.9. The van der Waals surface area contributed by atoms with Gasteiger partial charge in [-0.25, -0.2) is 0 Å². The fourth-order valence-electron chi connectivity index (χ4n) is 1.07. The van der Waals surface area contributed by atoms with Crippen molar-refractivity contribution in [3.8, 4) is 11.5 Å². The van der Waals surface area contributed by atoms with Gasteiger partial charge in [-0.05, 0) is 65.4 Å². The Labute approximate surface area is 123 Å². The predicted molar refractivity (Wildman–Crippen MR) is 81.4 cm³/mol. The van der Waals surface area contributed by atoms with Gasteiger partial charge in [-0.1, -0.05) is 28.1 Å². The van der Waals surface area contributed by atoms with Crippen molar-refractivity contribution in [2.45, 2.75) is 6.92 Å². The number of benzene rings is 2. The second-order valence-corrected chi connectivity index (χ2v) is 5.46. The molecular formula is C13H12BrIO2. The first kappa shape index (κ1) is 14.3. The minimum Gasteiger partial charge on any atom is -0.508 e. The van der Waals surface area contributed by atoms with Crippen molar-refractivity contribution in [3.63, 3.8) is 0 Å². The maximum absolute atomic E-state index is 9.02. The van der Waals surface area contributed by atoms with E-state index in [2.05, 4.69) is 38.5 Å². The Morgan fingerprint density at radius 3 is 2.06 bits per heavy atom. The third-order valence-electron chi connectivity index (χ3n) is 2.01. The number of phenolic OH excluding ortho intramolecular Hbond substituents is 2. The van der Waals surface area contributed by atoms with Gasteiger partial charge in [-0.15, -0.1) is 0 Å². The molecule has 0 bridgehead atoms. The van der Waals surface area contributed by atoms with Crippen LogP contribution < -0.4 is 0 Å². The number of para-hydroxylation sites is 1. The molecule has 2 aromatic carbocycles. The van der Waals surface area contributed by atoms with Crippen molar-refractivity contribution >= 4 is 38.5 Å². The Bertz CT molecular complexity index is 480. The number of phenols is 2. The Kier molecular flexibility index (Phi) is 5.77. The van der Waals surface area contributed by atoms with Gasteiger partial charge in [0.1, 0.15) is 11.5 Å². The minimum atomic E-state index is 0.346. The first-order valence-electron chi connectivity index (χ1n) is 4.89. The normalized spacial score (nSPS) is 9.35. The topological polar surface area (TPSA) is 40.5 Å². The molecule has 0 saturated carbocycles. The average Bonchev–Trinajstić information content (AvgIpc) is 2.29. The lowest BCUT2D eigenvalue weighted by molar-refractivity contribution is 0.470. The van der Waals surface area contributed by atoms with Crippen LogP contribution in [-0.2, 0) is 0 Å². The summed E-state index contributed by atoms with van der Waals surface area (Å²) in [5.41, 5.74) is 0.893. The number of aromatic hydroxyl groups is 2. The van der Waals surface area contributed by atoms with Crippen LogP contribution in [0.25, 0.3) is 0 Å². The van der Waals surface area contributed by atoms with E-state index in [1.54, 1.807) is 18.2 Å². The molecule has 0 aliphatic rings. The van der Waals surface area contributed by atoms with Crippen LogP contribution in [0, 0.1) is 10.5 Å². The van der Waals surface area contributed by atoms with E-state index in [1.807, 2.05) is 31.2 Å². The molecule has 0 atom stereocenters. The van der Waals surface area contributed by atoms with E-state index in [9.17, 15) is 0 Å². The number of halogens is 2. The number of hydrogen-bond donors (Lipinski definition) is 2. The van der Waals surface area contributed by atoms with Crippen molar-refractivity contribution in [1.82, 2.24) is 0 Å². The molecule has 2 nitrogen and oxygen atoms in total. The second kappa shape index (κ2) is 6.86. The summed E-state index contributed by atoms with van der Waals surface area (Å²) in [6, 6.07) is 12.6. The van der Waals surface area contributed by atoms with Gasteiger partial charge >= 0.3 is 0 Å². The first-order chi connectivity index (χ1) is 8.00. The first-order valence-corrected chi connectivity index (χ1v) is 6.76. The van der Waals surface area contributed by atoms with Gasteiger partial charge in [0.25, 0.3) is 0 Å². The molecule has 17 heavy (non-hydrogen) atoms. The standard InChI is InChI=1S/C7H7BrO.C6H5IO/c1-5-4-6(8)2-3-7(5)9;7-5-3-1-2-4-6(5)8/h2-4,9H,1H3;1-4,8H. The van der Waals surface area contributed by atoms with Gasteiger partial charge in [-0.2, -0.15) is 0 Å². The Morgan fingerprint density at radius 2 is 1.65 bits per heavy atom. The van der Waals surface area contributed by atoms with Crippen molar-refractivity contribution in [1.29, 1.82) is 0 Å². The molecule has 2 aromatic rings. The van der Waals surface area contributed by atoms with E-state index in [-0.39, 0.29) is 0 Å². The van der Waals surface area contributed by atoms with E-state index < -0.39 is 0 Å². The Morgan fingerprint density at radius 1 is 1.00 bits per heavy atom. The molecule has 0 unspecified atom stereocenters. The third-order valence-corrected chi connectivity index (χ3v) is 3.42. The monoisotopic (exact) mass is 406 g/mol. The van der Waals surface area contributed by atoms with Crippen LogP contribution in [0.2, 0.25) is 0 Å². The number of rotatable bonds is 0. The van der Waals surface area contributed by atoms with E-state index in [4.69, 9.17) is 10.2 Å². The van der Waals surface area contributed by atoms with Gasteiger partial charge in [0.15, 0.2) is 0 Å². The van der Waals surface area contributed by atoms with Gasteiger partial charge in [-0.3, -0.25) is 0 Å². The SMILES string of the molecule is Cc1cc(Br)ccc1O.Oc1ccccc1I. The van der Waals surface area contributed by atoms with Crippen LogP contribution >= 0.6 is 38.5 Å². The highest BCUT2D eigenvalue weighted by Gasteiger charge is 1.92. The quantitative estimate of drug-likeness (QED) is 0.634. The van der Waals surface area contributed by atoms with E-state index in [0.717, 1.165) is 13.6 Å². The molecular weight excluding hydrogens is 395 g/mol. The fraction of sp³-hybridized carbons (Fsp3) is 0.0769. The second-order valence-electron chi connectivity index (χ2n) is 3.38. The van der Waals surface area contributed by atoms with Crippen molar-refractivity contribution in [2.24, 2.45) is 0 Å². The third kappa shape index (κ3) is 4.95. The van der Waals surface area contributed by atoms with E-state index in [0.29, 0.717) is 11.5 Å². The van der Waals surface area contributed by atoms with Crippen LogP contribution in [0.4, 0.5) is 0 Å². The summed E-state index contributed by atoms with van der Waals surface area (Å²) >= 11 is 5.36. The smallest absolute Gasteiger partial charge is 0.128 e. The van der Waals surface area contributed by atoms with Gasteiger partial charge in [0, 0.05) is 4.47 Å². The lowest BCUT2D eigenvalue weighted by atomic mass is 10.2. The van der Waals surface area contributed by atoms with E-state index in [1.165, 1.54) is 0 Å². The zero-order chi connectivity index (χ0) is 12.8. The number of aryl methyl sites for hydroxylation is 1. The molecule has 0 aromatic heterocycles. The molecule has 0 saturated heterocycles. The molecule has 0 amide bonds. The highest BCUT2D eigenvalue weighted by molar-refractivity contribution is 14.1. The minimum absolute atomic E-state index is 0.346. The maximum Gasteiger partial charge on any atom is 0.128 e. The Hall–Kier alpha value is -0.750. The highest BCUT2D eigenvalue weighted by atomic mass is 127.